The molecule has 2 heteroatoms. The van der Waals surface area contributed by atoms with Crippen LogP contribution < -0.4 is 0 Å². The smallest absolute Gasteiger partial charge is 0.0224 e. The van der Waals surface area contributed by atoms with Crippen LogP contribution in [0.3, 0.4) is 0 Å². The molecule has 3 atom stereocenters. The van der Waals surface area contributed by atoms with Gasteiger partial charge in [-0.25, -0.2) is 0 Å². The third-order valence-corrected chi connectivity index (χ3v) is 4.96. The Balaban J connectivity index is 1.87. The summed E-state index contributed by atoms with van der Waals surface area (Å²) >= 11 is 0. The van der Waals surface area contributed by atoms with Crippen molar-refractivity contribution in [1.82, 2.24) is 9.80 Å². The van der Waals surface area contributed by atoms with Crippen LogP contribution >= 0.6 is 0 Å². The predicted molar refractivity (Wildman–Crippen MR) is 78.9 cm³/mol. The maximum absolute atomic E-state index is 2.79. The molecule has 2 aliphatic heterocycles. The minimum atomic E-state index is 0.751. The van der Waals surface area contributed by atoms with Gasteiger partial charge in [0.1, 0.15) is 0 Å². The molecule has 0 aromatic carbocycles. The number of fused-ring (bicyclic) bond motifs is 1. The molecule has 0 radical (unpaired) electrons. The number of piperazine rings is 1. The van der Waals surface area contributed by atoms with Crippen molar-refractivity contribution < 1.29 is 0 Å². The summed E-state index contributed by atoms with van der Waals surface area (Å²) in [6.45, 7) is 13.5. The van der Waals surface area contributed by atoms with Gasteiger partial charge >= 0.3 is 0 Å². The van der Waals surface area contributed by atoms with Gasteiger partial charge in [0.2, 0.25) is 0 Å². The molecule has 106 valence electrons. The lowest BCUT2D eigenvalue weighted by atomic mass is 9.94. The first-order valence-corrected chi connectivity index (χ1v) is 8.07. The van der Waals surface area contributed by atoms with E-state index in [9.17, 15) is 0 Å². The van der Waals surface area contributed by atoms with E-state index in [4.69, 9.17) is 0 Å². The second-order valence-electron chi connectivity index (χ2n) is 7.01. The van der Waals surface area contributed by atoms with Gasteiger partial charge in [-0.05, 0) is 52.0 Å². The highest BCUT2D eigenvalue weighted by molar-refractivity contribution is 4.90. The molecule has 2 nitrogen and oxygen atoms in total. The lowest BCUT2D eigenvalue weighted by molar-refractivity contribution is -0.00655. The van der Waals surface area contributed by atoms with Crippen LogP contribution in [0.4, 0.5) is 0 Å². The van der Waals surface area contributed by atoms with Crippen LogP contribution in [0.15, 0.2) is 0 Å². The standard InChI is InChI=1S/C16H32N2/c1-13(2)8-9-14(3)18-12-16-7-5-6-10-17(16)11-15(18)4/h13-16H,5-12H2,1-4H3. The van der Waals surface area contributed by atoms with Crippen LogP contribution in [-0.4, -0.2) is 47.6 Å². The normalized spacial score (nSPS) is 32.5. The van der Waals surface area contributed by atoms with Gasteiger partial charge in [-0.15, -0.1) is 0 Å². The fraction of sp³-hybridized carbons (Fsp3) is 1.00. The number of hydrogen-bond acceptors (Lipinski definition) is 2. The maximum Gasteiger partial charge on any atom is 0.0224 e. The molecule has 0 spiro atoms. The fourth-order valence-corrected chi connectivity index (χ4v) is 3.73. The highest BCUT2D eigenvalue weighted by atomic mass is 15.3. The highest BCUT2D eigenvalue weighted by Gasteiger charge is 2.34. The highest BCUT2D eigenvalue weighted by Crippen LogP contribution is 2.26. The minimum absolute atomic E-state index is 0.751. The molecular formula is C16H32N2. The molecule has 3 unspecified atom stereocenters. The molecule has 0 bridgehead atoms. The van der Waals surface area contributed by atoms with Crippen LogP contribution in [0, 0.1) is 5.92 Å². The van der Waals surface area contributed by atoms with E-state index in [-0.39, 0.29) is 0 Å². The summed E-state index contributed by atoms with van der Waals surface area (Å²) in [4.78, 5) is 5.54. The van der Waals surface area contributed by atoms with Gasteiger partial charge in [0.15, 0.2) is 0 Å². The van der Waals surface area contributed by atoms with Crippen molar-refractivity contribution in [2.75, 3.05) is 19.6 Å². The Morgan fingerprint density at radius 1 is 1.06 bits per heavy atom. The first-order chi connectivity index (χ1) is 8.58. The van der Waals surface area contributed by atoms with Crippen molar-refractivity contribution in [2.24, 2.45) is 5.92 Å². The second-order valence-corrected chi connectivity index (χ2v) is 7.01. The van der Waals surface area contributed by atoms with E-state index < -0.39 is 0 Å². The van der Waals surface area contributed by atoms with Crippen molar-refractivity contribution in [3.8, 4) is 0 Å². The SMILES string of the molecule is CC(C)CCC(C)N1CC2CCCCN2CC1C. The van der Waals surface area contributed by atoms with E-state index in [0.717, 1.165) is 24.0 Å². The number of hydrogen-bond donors (Lipinski definition) is 0. The first-order valence-electron chi connectivity index (χ1n) is 8.07. The number of rotatable bonds is 4. The molecule has 0 saturated carbocycles. The van der Waals surface area contributed by atoms with E-state index in [2.05, 4.69) is 37.5 Å². The van der Waals surface area contributed by atoms with E-state index in [1.165, 1.54) is 51.7 Å². The third kappa shape index (κ3) is 3.48. The molecule has 0 aliphatic carbocycles. The van der Waals surface area contributed by atoms with Gasteiger partial charge in [0.05, 0.1) is 0 Å². The zero-order valence-electron chi connectivity index (χ0n) is 12.9. The van der Waals surface area contributed by atoms with Crippen molar-refractivity contribution in [3.63, 3.8) is 0 Å². The minimum Gasteiger partial charge on any atom is -0.298 e. The van der Waals surface area contributed by atoms with Gasteiger partial charge in [-0.1, -0.05) is 20.3 Å². The Labute approximate surface area is 114 Å². The van der Waals surface area contributed by atoms with Gasteiger partial charge in [0.25, 0.3) is 0 Å². The number of piperidine rings is 1. The summed E-state index contributed by atoms with van der Waals surface area (Å²) in [7, 11) is 0. The third-order valence-electron chi connectivity index (χ3n) is 4.96. The Hall–Kier alpha value is -0.0800. The largest absolute Gasteiger partial charge is 0.298 e. The zero-order chi connectivity index (χ0) is 13.1. The molecule has 0 amide bonds. The molecule has 0 aromatic rings. The van der Waals surface area contributed by atoms with Crippen LogP contribution in [-0.2, 0) is 0 Å². The van der Waals surface area contributed by atoms with Crippen LogP contribution in [0.5, 0.6) is 0 Å². The molecule has 2 saturated heterocycles. The summed E-state index contributed by atoms with van der Waals surface area (Å²) in [5.41, 5.74) is 0. The van der Waals surface area contributed by atoms with E-state index in [1.54, 1.807) is 0 Å². The van der Waals surface area contributed by atoms with Gasteiger partial charge in [-0.2, -0.15) is 0 Å². The molecule has 2 fully saturated rings. The summed E-state index contributed by atoms with van der Waals surface area (Å²) < 4.78 is 0. The molecular weight excluding hydrogens is 220 g/mol. The lowest BCUT2D eigenvalue weighted by Gasteiger charge is -2.49. The van der Waals surface area contributed by atoms with E-state index >= 15 is 0 Å². The van der Waals surface area contributed by atoms with Gasteiger partial charge in [0, 0.05) is 31.2 Å². The monoisotopic (exact) mass is 252 g/mol. The summed E-state index contributed by atoms with van der Waals surface area (Å²) in [6.07, 6.45) is 7.05. The quantitative estimate of drug-likeness (QED) is 0.757. The Kier molecular flexibility index (Phi) is 5.08. The van der Waals surface area contributed by atoms with Gasteiger partial charge < -0.3 is 0 Å². The summed E-state index contributed by atoms with van der Waals surface area (Å²) in [5.74, 6) is 0.846. The summed E-state index contributed by atoms with van der Waals surface area (Å²) in [5, 5.41) is 0. The lowest BCUT2D eigenvalue weighted by Crippen LogP contribution is -2.60. The first kappa shape index (κ1) is 14.3. The predicted octanol–water partition coefficient (Wildman–Crippen LogP) is 3.37. The molecule has 0 aromatic heterocycles. The molecule has 18 heavy (non-hydrogen) atoms. The molecule has 2 aliphatic rings. The molecule has 2 rings (SSSR count). The topological polar surface area (TPSA) is 6.48 Å². The van der Waals surface area contributed by atoms with Crippen LogP contribution in [0.1, 0.15) is 59.8 Å². The van der Waals surface area contributed by atoms with Crippen molar-refractivity contribution in [1.29, 1.82) is 0 Å². The summed E-state index contributed by atoms with van der Waals surface area (Å²) in [6, 6.07) is 2.38. The van der Waals surface area contributed by atoms with Crippen LogP contribution in [0.2, 0.25) is 0 Å². The average molecular weight is 252 g/mol. The number of nitrogens with zero attached hydrogens (tertiary/aromatic N) is 2. The van der Waals surface area contributed by atoms with E-state index in [1.807, 2.05) is 0 Å². The fourth-order valence-electron chi connectivity index (χ4n) is 3.73. The Morgan fingerprint density at radius 3 is 2.56 bits per heavy atom. The van der Waals surface area contributed by atoms with Crippen molar-refractivity contribution in [2.45, 2.75) is 77.9 Å². The molecule has 2 heterocycles. The zero-order valence-corrected chi connectivity index (χ0v) is 12.9. The van der Waals surface area contributed by atoms with E-state index in [0.29, 0.717) is 0 Å². The Morgan fingerprint density at radius 2 is 1.83 bits per heavy atom. The van der Waals surface area contributed by atoms with Gasteiger partial charge in [-0.3, -0.25) is 9.80 Å². The van der Waals surface area contributed by atoms with Crippen molar-refractivity contribution >= 4 is 0 Å². The van der Waals surface area contributed by atoms with Crippen molar-refractivity contribution in [3.05, 3.63) is 0 Å². The second kappa shape index (κ2) is 6.38. The van der Waals surface area contributed by atoms with Crippen LogP contribution in [0.25, 0.3) is 0 Å². The molecule has 0 N–H and O–H groups in total. The average Bonchev–Trinajstić information content (AvgIpc) is 2.35. The Bertz CT molecular complexity index is 251. The maximum atomic E-state index is 2.79.